The maximum atomic E-state index is 13.4. The maximum absolute atomic E-state index is 13.4. The van der Waals surface area contributed by atoms with Crippen molar-refractivity contribution in [3.8, 4) is 0 Å². The summed E-state index contributed by atoms with van der Waals surface area (Å²) in [6, 6.07) is 2.25. The molecule has 0 radical (unpaired) electrons. The van der Waals surface area contributed by atoms with Crippen LogP contribution in [0, 0.1) is 29.1 Å². The van der Waals surface area contributed by atoms with E-state index in [-0.39, 0.29) is 10.7 Å². The van der Waals surface area contributed by atoms with Crippen molar-refractivity contribution in [1.29, 1.82) is 0 Å². The minimum absolute atomic E-state index is 0.117. The standard InChI is InChI=1S/C13H5ClF5N3O2/c14-6-2-1-4(13(23)24)12(21-6)22-20-3-5-7(15)9(17)11(19)10(18)8(5)16/h1-3H,(H,21,22)(H,23,24). The van der Waals surface area contributed by atoms with E-state index in [1.165, 1.54) is 6.07 Å². The molecule has 0 spiro atoms. The Kier molecular flexibility index (Phi) is 4.98. The summed E-state index contributed by atoms with van der Waals surface area (Å²) in [5.41, 5.74) is 0.325. The number of carboxylic acid groups (broad SMARTS) is 1. The summed E-state index contributed by atoms with van der Waals surface area (Å²) < 4.78 is 65.8. The van der Waals surface area contributed by atoms with Gasteiger partial charge < -0.3 is 5.11 Å². The fourth-order valence-corrected chi connectivity index (χ4v) is 1.73. The summed E-state index contributed by atoms with van der Waals surface area (Å²) in [4.78, 5) is 14.5. The topological polar surface area (TPSA) is 74.6 Å². The molecule has 1 aromatic heterocycles. The van der Waals surface area contributed by atoms with Gasteiger partial charge in [0.25, 0.3) is 0 Å². The van der Waals surface area contributed by atoms with Crippen molar-refractivity contribution < 1.29 is 31.9 Å². The Morgan fingerprint density at radius 1 is 1.08 bits per heavy atom. The van der Waals surface area contributed by atoms with Gasteiger partial charge >= 0.3 is 5.97 Å². The fourth-order valence-electron chi connectivity index (χ4n) is 1.59. The van der Waals surface area contributed by atoms with Gasteiger partial charge in [-0.2, -0.15) is 5.10 Å². The van der Waals surface area contributed by atoms with Gasteiger partial charge in [-0.25, -0.2) is 31.7 Å². The quantitative estimate of drug-likeness (QED) is 0.217. The first-order valence-electron chi connectivity index (χ1n) is 5.94. The Balaban J connectivity index is 2.38. The number of anilines is 1. The molecule has 0 aliphatic carbocycles. The van der Waals surface area contributed by atoms with Crippen LogP contribution < -0.4 is 5.43 Å². The second kappa shape index (κ2) is 6.79. The molecule has 5 nitrogen and oxygen atoms in total. The average Bonchev–Trinajstić information content (AvgIpc) is 2.54. The second-order valence-corrected chi connectivity index (χ2v) is 4.58. The van der Waals surface area contributed by atoms with Crippen molar-refractivity contribution in [3.63, 3.8) is 0 Å². The number of aromatic carboxylic acids is 1. The van der Waals surface area contributed by atoms with Crippen LogP contribution in [0.1, 0.15) is 15.9 Å². The highest BCUT2D eigenvalue weighted by atomic mass is 35.5. The van der Waals surface area contributed by atoms with Gasteiger partial charge in [0.05, 0.1) is 11.8 Å². The van der Waals surface area contributed by atoms with Crippen LogP contribution in [-0.2, 0) is 0 Å². The predicted octanol–water partition coefficient (Wildman–Crippen LogP) is 3.57. The van der Waals surface area contributed by atoms with Crippen molar-refractivity contribution >= 4 is 29.6 Å². The van der Waals surface area contributed by atoms with Gasteiger partial charge in [-0.05, 0) is 12.1 Å². The number of carbonyl (C=O) groups is 1. The minimum Gasteiger partial charge on any atom is -0.478 e. The van der Waals surface area contributed by atoms with Crippen molar-refractivity contribution in [1.82, 2.24) is 4.98 Å². The van der Waals surface area contributed by atoms with Crippen LogP contribution in [0.5, 0.6) is 0 Å². The van der Waals surface area contributed by atoms with E-state index in [1.54, 1.807) is 0 Å². The van der Waals surface area contributed by atoms with Crippen LogP contribution in [-0.4, -0.2) is 22.3 Å². The highest BCUT2D eigenvalue weighted by Crippen LogP contribution is 2.22. The first-order valence-corrected chi connectivity index (χ1v) is 6.32. The summed E-state index contributed by atoms with van der Waals surface area (Å²) >= 11 is 5.57. The predicted molar refractivity (Wildman–Crippen MR) is 73.7 cm³/mol. The first-order chi connectivity index (χ1) is 11.2. The molecule has 11 heteroatoms. The normalized spacial score (nSPS) is 11.1. The van der Waals surface area contributed by atoms with Crippen LogP contribution in [0.2, 0.25) is 5.15 Å². The second-order valence-electron chi connectivity index (χ2n) is 4.19. The number of carboxylic acids is 1. The number of benzene rings is 1. The van der Waals surface area contributed by atoms with E-state index in [4.69, 9.17) is 16.7 Å². The fraction of sp³-hybridized carbons (Fsp3) is 0. The Morgan fingerprint density at radius 3 is 2.17 bits per heavy atom. The number of nitrogens with one attached hydrogen (secondary N) is 1. The third kappa shape index (κ3) is 3.27. The molecule has 0 unspecified atom stereocenters. The van der Waals surface area contributed by atoms with Gasteiger partial charge in [0, 0.05) is 0 Å². The molecule has 2 aromatic rings. The summed E-state index contributed by atoms with van der Waals surface area (Å²) in [7, 11) is 0. The third-order valence-electron chi connectivity index (χ3n) is 2.70. The number of aromatic nitrogens is 1. The lowest BCUT2D eigenvalue weighted by molar-refractivity contribution is 0.0697. The van der Waals surface area contributed by atoms with E-state index < -0.39 is 46.4 Å². The molecular formula is C13H5ClF5N3O2. The van der Waals surface area contributed by atoms with Crippen LogP contribution >= 0.6 is 11.6 Å². The number of rotatable bonds is 4. The Morgan fingerprint density at radius 2 is 1.62 bits per heavy atom. The summed E-state index contributed by atoms with van der Waals surface area (Å²) in [5.74, 6) is -12.6. The van der Waals surface area contributed by atoms with Gasteiger partial charge in [-0.1, -0.05) is 11.6 Å². The van der Waals surface area contributed by atoms with E-state index in [9.17, 15) is 26.7 Å². The third-order valence-corrected chi connectivity index (χ3v) is 2.91. The average molecular weight is 366 g/mol. The smallest absolute Gasteiger partial charge is 0.339 e. The molecule has 1 heterocycles. The lowest BCUT2D eigenvalue weighted by Crippen LogP contribution is -2.08. The zero-order chi connectivity index (χ0) is 18.0. The highest BCUT2D eigenvalue weighted by molar-refractivity contribution is 6.29. The number of hydrazone groups is 1. The lowest BCUT2D eigenvalue weighted by atomic mass is 10.2. The molecule has 126 valence electrons. The molecule has 24 heavy (non-hydrogen) atoms. The van der Waals surface area contributed by atoms with Crippen molar-refractivity contribution in [2.75, 3.05) is 5.43 Å². The molecule has 1 aromatic carbocycles. The van der Waals surface area contributed by atoms with Crippen LogP contribution in [0.15, 0.2) is 17.2 Å². The van der Waals surface area contributed by atoms with Crippen molar-refractivity contribution in [3.05, 3.63) is 57.5 Å². The van der Waals surface area contributed by atoms with Crippen molar-refractivity contribution in [2.45, 2.75) is 0 Å². The van der Waals surface area contributed by atoms with Crippen LogP contribution in [0.25, 0.3) is 0 Å². The molecule has 0 saturated carbocycles. The number of hydrogen-bond acceptors (Lipinski definition) is 4. The number of hydrogen-bond donors (Lipinski definition) is 2. The number of pyridine rings is 1. The first kappa shape index (κ1) is 17.6. The molecule has 2 rings (SSSR count). The maximum Gasteiger partial charge on any atom is 0.339 e. The lowest BCUT2D eigenvalue weighted by Gasteiger charge is -2.06. The summed E-state index contributed by atoms with van der Waals surface area (Å²) in [5, 5.41) is 12.0. The number of halogens is 6. The molecule has 0 aliphatic heterocycles. The van der Waals surface area contributed by atoms with Gasteiger partial charge in [0.1, 0.15) is 10.7 Å². The molecule has 0 atom stereocenters. The van der Waals surface area contributed by atoms with E-state index >= 15 is 0 Å². The van der Waals surface area contributed by atoms with E-state index in [0.717, 1.165) is 6.07 Å². The monoisotopic (exact) mass is 365 g/mol. The van der Waals surface area contributed by atoms with Crippen LogP contribution in [0.4, 0.5) is 27.8 Å². The van der Waals surface area contributed by atoms with Gasteiger partial charge in [0.15, 0.2) is 29.1 Å². The van der Waals surface area contributed by atoms with Gasteiger partial charge in [0.2, 0.25) is 5.82 Å². The van der Waals surface area contributed by atoms with Gasteiger partial charge in [-0.15, -0.1) is 0 Å². The van der Waals surface area contributed by atoms with Crippen LogP contribution in [0.3, 0.4) is 0 Å². The SMILES string of the molecule is O=C(O)c1ccc(Cl)nc1NN=Cc1c(F)c(F)c(F)c(F)c1F. The minimum atomic E-state index is -2.31. The molecule has 0 saturated heterocycles. The summed E-state index contributed by atoms with van der Waals surface area (Å²) in [6.07, 6.45) is 0.296. The Bertz CT molecular complexity index is 831. The number of nitrogens with zero attached hydrogens (tertiary/aromatic N) is 2. The Hall–Kier alpha value is -2.75. The zero-order valence-corrected chi connectivity index (χ0v) is 12.0. The molecule has 2 N–H and O–H groups in total. The van der Waals surface area contributed by atoms with E-state index in [0.29, 0.717) is 6.21 Å². The largest absolute Gasteiger partial charge is 0.478 e. The molecule has 0 bridgehead atoms. The molecule has 0 aliphatic rings. The highest BCUT2D eigenvalue weighted by Gasteiger charge is 2.24. The van der Waals surface area contributed by atoms with E-state index in [2.05, 4.69) is 10.1 Å². The van der Waals surface area contributed by atoms with Crippen molar-refractivity contribution in [2.24, 2.45) is 5.10 Å². The van der Waals surface area contributed by atoms with Gasteiger partial charge in [-0.3, -0.25) is 5.43 Å². The molecule has 0 amide bonds. The summed E-state index contributed by atoms with van der Waals surface area (Å²) in [6.45, 7) is 0. The zero-order valence-electron chi connectivity index (χ0n) is 11.2. The van der Waals surface area contributed by atoms with E-state index in [1.807, 2.05) is 5.43 Å². The molecular weight excluding hydrogens is 361 g/mol. The molecule has 0 fully saturated rings. The Labute approximate surface area is 135 Å².